The molecule has 0 spiro atoms. The molecule has 1 atom stereocenters. The van der Waals surface area contributed by atoms with Crippen LogP contribution in [0, 0.1) is 0 Å². The van der Waals surface area contributed by atoms with Gasteiger partial charge in [-0.25, -0.2) is 4.79 Å². The Morgan fingerprint density at radius 3 is 2.41 bits per heavy atom. The summed E-state index contributed by atoms with van der Waals surface area (Å²) in [4.78, 5) is 24.1. The minimum absolute atomic E-state index is 0.161. The molecule has 3 rings (SSSR count). The average Bonchev–Trinajstić information content (AvgIpc) is 3.21. The summed E-state index contributed by atoms with van der Waals surface area (Å²) in [6.45, 7) is 2.44. The normalized spacial score (nSPS) is 16.2. The number of carbonyl (C=O) groups is 2. The molecule has 1 unspecified atom stereocenters. The first-order chi connectivity index (χ1) is 13.2. The number of hydrogen-bond donors (Lipinski definition) is 2. The second kappa shape index (κ2) is 9.30. The zero-order chi connectivity index (χ0) is 19.1. The zero-order valence-corrected chi connectivity index (χ0v) is 15.0. The smallest absolute Gasteiger partial charge is 0.336 e. The minimum atomic E-state index is -1.02. The van der Waals surface area contributed by atoms with Crippen LogP contribution < -0.4 is 5.32 Å². The second-order valence-corrected chi connectivity index (χ2v) is 6.36. The number of hydrogen-bond acceptors (Lipinski definition) is 4. The molecular formula is C21H23NO5. The number of benzene rings is 2. The fraction of sp³-hybridized carbons (Fsp3) is 0.333. The predicted molar refractivity (Wildman–Crippen MR) is 101 cm³/mol. The third-order valence-electron chi connectivity index (χ3n) is 4.47. The van der Waals surface area contributed by atoms with Crippen molar-refractivity contribution in [1.82, 2.24) is 5.32 Å². The lowest BCUT2D eigenvalue weighted by molar-refractivity contribution is 0.0415. The van der Waals surface area contributed by atoms with Crippen LogP contribution in [-0.2, 0) is 9.47 Å². The molecule has 1 amide bonds. The molecule has 1 heterocycles. The number of carbonyl (C=O) groups excluding carboxylic acids is 1. The van der Waals surface area contributed by atoms with Crippen LogP contribution in [0.5, 0.6) is 0 Å². The van der Waals surface area contributed by atoms with E-state index in [0.717, 1.165) is 13.0 Å². The van der Waals surface area contributed by atoms with E-state index in [2.05, 4.69) is 5.32 Å². The summed E-state index contributed by atoms with van der Waals surface area (Å²) in [5.41, 5.74) is 1.76. The van der Waals surface area contributed by atoms with Crippen LogP contribution in [0.25, 0.3) is 11.1 Å². The van der Waals surface area contributed by atoms with E-state index in [1.807, 2.05) is 0 Å². The lowest BCUT2D eigenvalue weighted by Gasteiger charge is -2.13. The lowest BCUT2D eigenvalue weighted by atomic mass is 9.95. The quantitative estimate of drug-likeness (QED) is 0.699. The van der Waals surface area contributed by atoms with Gasteiger partial charge in [0.25, 0.3) is 5.91 Å². The van der Waals surface area contributed by atoms with E-state index in [-0.39, 0.29) is 17.6 Å². The second-order valence-electron chi connectivity index (χ2n) is 6.36. The van der Waals surface area contributed by atoms with Crippen molar-refractivity contribution in [2.24, 2.45) is 0 Å². The molecule has 1 aliphatic rings. The molecule has 0 aromatic heterocycles. The van der Waals surface area contributed by atoms with Crippen molar-refractivity contribution in [2.45, 2.75) is 18.9 Å². The first-order valence-electron chi connectivity index (χ1n) is 9.06. The Morgan fingerprint density at radius 1 is 1.07 bits per heavy atom. The summed E-state index contributed by atoms with van der Waals surface area (Å²) in [5.74, 6) is -1.25. The maximum Gasteiger partial charge on any atom is 0.336 e. The molecule has 0 bridgehead atoms. The van der Waals surface area contributed by atoms with Gasteiger partial charge < -0.3 is 19.9 Å². The van der Waals surface area contributed by atoms with Crippen LogP contribution in [0.4, 0.5) is 0 Å². The van der Waals surface area contributed by atoms with E-state index in [1.54, 1.807) is 42.5 Å². The number of ether oxygens (including phenoxy) is 2. The molecule has 0 aliphatic carbocycles. The maximum atomic E-state index is 12.6. The van der Waals surface area contributed by atoms with Crippen molar-refractivity contribution >= 4 is 11.9 Å². The zero-order valence-electron chi connectivity index (χ0n) is 15.0. The Balaban J connectivity index is 1.63. The third kappa shape index (κ3) is 4.93. The van der Waals surface area contributed by atoms with Gasteiger partial charge in [-0.05, 0) is 36.1 Å². The van der Waals surface area contributed by atoms with E-state index >= 15 is 0 Å². The van der Waals surface area contributed by atoms with Crippen molar-refractivity contribution in [3.05, 3.63) is 59.7 Å². The molecule has 2 aromatic carbocycles. The lowest BCUT2D eigenvalue weighted by Crippen LogP contribution is -2.26. The van der Waals surface area contributed by atoms with Crippen LogP contribution in [0.3, 0.4) is 0 Å². The Kier molecular flexibility index (Phi) is 6.57. The van der Waals surface area contributed by atoms with E-state index in [1.165, 1.54) is 6.07 Å². The van der Waals surface area contributed by atoms with Gasteiger partial charge in [-0.1, -0.05) is 36.4 Å². The largest absolute Gasteiger partial charge is 0.478 e. The van der Waals surface area contributed by atoms with Gasteiger partial charge >= 0.3 is 5.97 Å². The first kappa shape index (κ1) is 19.1. The first-order valence-corrected chi connectivity index (χ1v) is 9.06. The van der Waals surface area contributed by atoms with E-state index in [9.17, 15) is 14.7 Å². The van der Waals surface area contributed by atoms with E-state index < -0.39 is 5.97 Å². The van der Waals surface area contributed by atoms with Crippen molar-refractivity contribution < 1.29 is 24.2 Å². The van der Waals surface area contributed by atoms with Crippen LogP contribution in [0.1, 0.15) is 33.6 Å². The fourth-order valence-electron chi connectivity index (χ4n) is 3.08. The standard InChI is InChI=1S/C21H23NO5/c23-20(22-11-5-12-27-15-10-13-26-14-15)18-8-3-1-6-16(18)17-7-2-4-9-19(17)21(24)25/h1-4,6-9,15H,5,10-14H2,(H,22,23)(H,24,25). The van der Waals surface area contributed by atoms with Crippen molar-refractivity contribution in [3.8, 4) is 11.1 Å². The SMILES string of the molecule is O=C(O)c1ccccc1-c1ccccc1C(=O)NCCCOC1CCOC1. The molecular weight excluding hydrogens is 346 g/mol. The van der Waals surface area contributed by atoms with Gasteiger partial charge in [0.2, 0.25) is 0 Å². The number of aromatic carboxylic acids is 1. The maximum absolute atomic E-state index is 12.6. The summed E-state index contributed by atoms with van der Waals surface area (Å²) in [5, 5.41) is 12.3. The Bertz CT molecular complexity index is 799. The highest BCUT2D eigenvalue weighted by atomic mass is 16.5. The summed E-state index contributed by atoms with van der Waals surface area (Å²) < 4.78 is 10.9. The topological polar surface area (TPSA) is 84.9 Å². The molecule has 0 radical (unpaired) electrons. The molecule has 27 heavy (non-hydrogen) atoms. The summed E-state index contributed by atoms with van der Waals surface area (Å²) in [7, 11) is 0. The van der Waals surface area contributed by atoms with Gasteiger partial charge in [0.05, 0.1) is 18.3 Å². The Morgan fingerprint density at radius 2 is 1.74 bits per heavy atom. The highest BCUT2D eigenvalue weighted by Gasteiger charge is 2.18. The van der Waals surface area contributed by atoms with Gasteiger partial charge in [0.1, 0.15) is 0 Å². The van der Waals surface area contributed by atoms with Gasteiger partial charge in [0, 0.05) is 25.3 Å². The van der Waals surface area contributed by atoms with E-state index in [4.69, 9.17) is 9.47 Å². The molecule has 0 saturated carbocycles. The Labute approximate surface area is 158 Å². The number of rotatable bonds is 8. The number of carboxylic acids is 1. The molecule has 1 saturated heterocycles. The molecule has 6 heteroatoms. The van der Waals surface area contributed by atoms with Gasteiger partial charge in [-0.15, -0.1) is 0 Å². The van der Waals surface area contributed by atoms with Crippen LogP contribution >= 0.6 is 0 Å². The van der Waals surface area contributed by atoms with Crippen LogP contribution in [0.2, 0.25) is 0 Å². The highest BCUT2D eigenvalue weighted by Crippen LogP contribution is 2.27. The van der Waals surface area contributed by atoms with Gasteiger partial charge in [-0.3, -0.25) is 4.79 Å². The minimum Gasteiger partial charge on any atom is -0.478 e. The summed E-state index contributed by atoms with van der Waals surface area (Å²) in [6.07, 6.45) is 1.78. The van der Waals surface area contributed by atoms with Gasteiger partial charge in [0.15, 0.2) is 0 Å². The van der Waals surface area contributed by atoms with Gasteiger partial charge in [-0.2, -0.15) is 0 Å². The number of nitrogens with one attached hydrogen (secondary N) is 1. The van der Waals surface area contributed by atoms with Crippen LogP contribution in [-0.4, -0.2) is 49.5 Å². The fourth-order valence-corrected chi connectivity index (χ4v) is 3.08. The van der Waals surface area contributed by atoms with Crippen molar-refractivity contribution in [3.63, 3.8) is 0 Å². The molecule has 1 aliphatic heterocycles. The third-order valence-corrected chi connectivity index (χ3v) is 4.47. The average molecular weight is 369 g/mol. The monoisotopic (exact) mass is 369 g/mol. The highest BCUT2D eigenvalue weighted by molar-refractivity contribution is 6.04. The van der Waals surface area contributed by atoms with Crippen molar-refractivity contribution in [2.75, 3.05) is 26.4 Å². The van der Waals surface area contributed by atoms with E-state index in [0.29, 0.717) is 42.9 Å². The molecule has 6 nitrogen and oxygen atoms in total. The molecule has 2 N–H and O–H groups in total. The molecule has 1 fully saturated rings. The number of amides is 1. The predicted octanol–water partition coefficient (Wildman–Crippen LogP) is 2.98. The van der Waals surface area contributed by atoms with Crippen LogP contribution in [0.15, 0.2) is 48.5 Å². The Hall–Kier alpha value is -2.70. The molecule has 2 aromatic rings. The number of carboxylic acid groups (broad SMARTS) is 1. The summed E-state index contributed by atoms with van der Waals surface area (Å²) in [6, 6.07) is 13.7. The van der Waals surface area contributed by atoms with Crippen molar-refractivity contribution in [1.29, 1.82) is 0 Å². The molecule has 142 valence electrons. The summed E-state index contributed by atoms with van der Waals surface area (Å²) >= 11 is 0.